The number of carboxylic acid groups (broad SMARTS) is 1. The van der Waals surface area contributed by atoms with Crippen molar-refractivity contribution in [1.82, 2.24) is 14.7 Å². The molecule has 2 heterocycles. The van der Waals surface area contributed by atoms with Crippen LogP contribution in [0.3, 0.4) is 0 Å². The number of ether oxygens (including phenoxy) is 1. The van der Waals surface area contributed by atoms with Gasteiger partial charge in [-0.25, -0.2) is 14.6 Å². The zero-order valence-electron chi connectivity index (χ0n) is 14.6. The molecule has 0 aliphatic heterocycles. The van der Waals surface area contributed by atoms with Crippen LogP contribution in [0.25, 0.3) is 5.65 Å². The van der Waals surface area contributed by atoms with E-state index < -0.39 is 23.7 Å². The molecule has 2 N–H and O–H groups in total. The molecule has 0 saturated carbocycles. The first kappa shape index (κ1) is 17.8. The molecule has 1 unspecified atom stereocenters. The maximum Gasteiger partial charge on any atom is 0.408 e. The molecule has 7 heteroatoms. The summed E-state index contributed by atoms with van der Waals surface area (Å²) < 4.78 is 7.00. The van der Waals surface area contributed by atoms with Gasteiger partial charge < -0.3 is 19.6 Å². The number of fused-ring (bicyclic) bond motifs is 1. The predicted octanol–water partition coefficient (Wildman–Crippen LogP) is 2.47. The third-order valence-corrected chi connectivity index (χ3v) is 3.53. The fourth-order valence-corrected chi connectivity index (χ4v) is 2.46. The van der Waals surface area contributed by atoms with Crippen molar-refractivity contribution in [2.75, 3.05) is 0 Å². The van der Waals surface area contributed by atoms with Gasteiger partial charge >= 0.3 is 12.1 Å². The quantitative estimate of drug-likeness (QED) is 0.896. The van der Waals surface area contributed by atoms with E-state index in [-0.39, 0.29) is 6.42 Å². The number of pyridine rings is 1. The second kappa shape index (κ2) is 6.51. The molecule has 0 aliphatic carbocycles. The van der Waals surface area contributed by atoms with Gasteiger partial charge in [-0.05, 0) is 46.2 Å². The van der Waals surface area contributed by atoms with E-state index in [0.717, 1.165) is 22.6 Å². The Balaban J connectivity index is 2.26. The molecule has 2 aromatic rings. The standard InChI is InChI=1S/C17H23N3O4/c1-10-7-6-8-20-13(11(2)18-14(10)20)9-12(15(21)22)19-16(23)24-17(3,4)5/h6-8,12H,9H2,1-5H3,(H,19,23)(H,21,22). The SMILES string of the molecule is Cc1nc2c(C)cccn2c1CC(NC(=O)OC(C)(C)C)C(=O)O. The van der Waals surface area contributed by atoms with E-state index in [0.29, 0.717) is 0 Å². The van der Waals surface area contributed by atoms with Gasteiger partial charge in [0, 0.05) is 18.3 Å². The number of aryl methyl sites for hydroxylation is 2. The first-order valence-electron chi connectivity index (χ1n) is 7.74. The second-order valence-corrected chi connectivity index (χ2v) is 6.77. The minimum Gasteiger partial charge on any atom is -0.480 e. The van der Waals surface area contributed by atoms with Crippen molar-refractivity contribution < 1.29 is 19.4 Å². The molecule has 0 aliphatic rings. The smallest absolute Gasteiger partial charge is 0.408 e. The number of alkyl carbamates (subject to hydrolysis) is 1. The van der Waals surface area contributed by atoms with E-state index >= 15 is 0 Å². The molecule has 0 aromatic carbocycles. The van der Waals surface area contributed by atoms with Crippen molar-refractivity contribution in [1.29, 1.82) is 0 Å². The summed E-state index contributed by atoms with van der Waals surface area (Å²) in [5, 5.41) is 11.9. The summed E-state index contributed by atoms with van der Waals surface area (Å²) >= 11 is 0. The van der Waals surface area contributed by atoms with E-state index in [4.69, 9.17) is 4.74 Å². The van der Waals surface area contributed by atoms with Crippen LogP contribution in [0.2, 0.25) is 0 Å². The lowest BCUT2D eigenvalue weighted by atomic mass is 10.1. The number of rotatable bonds is 4. The third kappa shape index (κ3) is 4.04. The molecule has 1 amide bonds. The Morgan fingerprint density at radius 1 is 1.38 bits per heavy atom. The van der Waals surface area contributed by atoms with Gasteiger partial charge in [0.05, 0.1) is 5.69 Å². The summed E-state index contributed by atoms with van der Waals surface area (Å²) in [5.41, 5.74) is 2.58. The zero-order valence-corrected chi connectivity index (χ0v) is 14.6. The average molecular weight is 333 g/mol. The van der Waals surface area contributed by atoms with Crippen LogP contribution in [0, 0.1) is 13.8 Å². The highest BCUT2D eigenvalue weighted by atomic mass is 16.6. The maximum absolute atomic E-state index is 11.9. The van der Waals surface area contributed by atoms with Gasteiger partial charge in [0.1, 0.15) is 17.3 Å². The van der Waals surface area contributed by atoms with Crippen LogP contribution in [0.5, 0.6) is 0 Å². The van der Waals surface area contributed by atoms with Crippen LogP contribution in [0.4, 0.5) is 4.79 Å². The summed E-state index contributed by atoms with van der Waals surface area (Å²) in [4.78, 5) is 27.9. The molecule has 0 bridgehead atoms. The lowest BCUT2D eigenvalue weighted by molar-refractivity contribution is -0.139. The number of nitrogens with zero attached hydrogens (tertiary/aromatic N) is 2. The molecule has 0 saturated heterocycles. The Kier molecular flexibility index (Phi) is 4.82. The molecular formula is C17H23N3O4. The number of carbonyl (C=O) groups excluding carboxylic acids is 1. The maximum atomic E-state index is 11.9. The molecule has 2 aromatic heterocycles. The van der Waals surface area contributed by atoms with Crippen molar-refractivity contribution in [2.45, 2.75) is 52.7 Å². The summed E-state index contributed by atoms with van der Waals surface area (Å²) in [5.74, 6) is -1.12. The molecule has 7 nitrogen and oxygen atoms in total. The highest BCUT2D eigenvalue weighted by Crippen LogP contribution is 2.17. The normalized spacial score (nSPS) is 12.9. The largest absolute Gasteiger partial charge is 0.480 e. The summed E-state index contributed by atoms with van der Waals surface area (Å²) in [6.45, 7) is 8.94. The number of hydrogen-bond donors (Lipinski definition) is 2. The van der Waals surface area contributed by atoms with Gasteiger partial charge in [0.2, 0.25) is 0 Å². The number of amides is 1. The summed E-state index contributed by atoms with van der Waals surface area (Å²) in [6, 6.07) is 2.72. The minimum absolute atomic E-state index is 0.116. The number of imidazole rings is 1. The number of aliphatic carboxylic acids is 1. The first-order valence-corrected chi connectivity index (χ1v) is 7.74. The number of carboxylic acids is 1. The monoisotopic (exact) mass is 333 g/mol. The Labute approximate surface area is 140 Å². The van der Waals surface area contributed by atoms with Gasteiger partial charge in [-0.15, -0.1) is 0 Å². The minimum atomic E-state index is -1.12. The lowest BCUT2D eigenvalue weighted by Crippen LogP contribution is -2.45. The summed E-state index contributed by atoms with van der Waals surface area (Å²) in [6.07, 6.45) is 1.20. The van der Waals surface area contributed by atoms with E-state index in [9.17, 15) is 14.7 Å². The fourth-order valence-electron chi connectivity index (χ4n) is 2.46. The number of carbonyl (C=O) groups is 2. The Morgan fingerprint density at radius 2 is 2.04 bits per heavy atom. The van der Waals surface area contributed by atoms with Crippen molar-refractivity contribution in [3.05, 3.63) is 35.3 Å². The first-order chi connectivity index (χ1) is 11.1. The molecular weight excluding hydrogens is 310 g/mol. The third-order valence-electron chi connectivity index (χ3n) is 3.53. The highest BCUT2D eigenvalue weighted by Gasteiger charge is 2.26. The zero-order chi connectivity index (χ0) is 18.1. The van der Waals surface area contributed by atoms with Gasteiger partial charge in [-0.1, -0.05) is 6.07 Å². The van der Waals surface area contributed by atoms with E-state index in [1.165, 1.54) is 0 Å². The molecule has 1 atom stereocenters. The van der Waals surface area contributed by atoms with Crippen molar-refractivity contribution in [3.8, 4) is 0 Å². The molecule has 24 heavy (non-hydrogen) atoms. The lowest BCUT2D eigenvalue weighted by Gasteiger charge is -2.22. The van der Waals surface area contributed by atoms with Crippen LogP contribution < -0.4 is 5.32 Å². The van der Waals surface area contributed by atoms with Gasteiger partial charge in [0.15, 0.2) is 0 Å². The number of nitrogens with one attached hydrogen (secondary N) is 1. The van der Waals surface area contributed by atoms with Crippen LogP contribution in [-0.4, -0.2) is 38.2 Å². The molecule has 0 spiro atoms. The van der Waals surface area contributed by atoms with Gasteiger partial charge in [-0.3, -0.25) is 0 Å². The van der Waals surface area contributed by atoms with E-state index in [1.807, 2.05) is 36.6 Å². The predicted molar refractivity (Wildman–Crippen MR) is 89.2 cm³/mol. The van der Waals surface area contributed by atoms with Crippen LogP contribution in [0.15, 0.2) is 18.3 Å². The van der Waals surface area contributed by atoms with Crippen molar-refractivity contribution in [3.63, 3.8) is 0 Å². The van der Waals surface area contributed by atoms with Crippen molar-refractivity contribution in [2.24, 2.45) is 0 Å². The number of aromatic nitrogens is 2. The second-order valence-electron chi connectivity index (χ2n) is 6.77. The fraction of sp³-hybridized carbons (Fsp3) is 0.471. The summed E-state index contributed by atoms with van der Waals surface area (Å²) in [7, 11) is 0. The van der Waals surface area contributed by atoms with Crippen molar-refractivity contribution >= 4 is 17.7 Å². The molecule has 0 fully saturated rings. The van der Waals surface area contributed by atoms with Crippen LogP contribution >= 0.6 is 0 Å². The van der Waals surface area contributed by atoms with E-state index in [2.05, 4.69) is 10.3 Å². The van der Waals surface area contributed by atoms with Gasteiger partial charge in [0.25, 0.3) is 0 Å². The molecule has 130 valence electrons. The van der Waals surface area contributed by atoms with Crippen LogP contribution in [0.1, 0.15) is 37.7 Å². The van der Waals surface area contributed by atoms with Crippen LogP contribution in [-0.2, 0) is 16.0 Å². The Bertz CT molecular complexity index is 774. The molecule has 0 radical (unpaired) electrons. The molecule has 2 rings (SSSR count). The van der Waals surface area contributed by atoms with E-state index in [1.54, 1.807) is 20.8 Å². The Morgan fingerprint density at radius 3 is 2.62 bits per heavy atom. The topological polar surface area (TPSA) is 92.9 Å². The van der Waals surface area contributed by atoms with Gasteiger partial charge in [-0.2, -0.15) is 0 Å². The number of hydrogen-bond acceptors (Lipinski definition) is 4. The average Bonchev–Trinajstić information content (AvgIpc) is 2.74. The Hall–Kier alpha value is -2.57. The highest BCUT2D eigenvalue weighted by molar-refractivity contribution is 5.80.